The molecule has 178 valence electrons. The van der Waals surface area contributed by atoms with Gasteiger partial charge in [-0.25, -0.2) is 4.98 Å². The summed E-state index contributed by atoms with van der Waals surface area (Å²) in [5, 5.41) is 0. The van der Waals surface area contributed by atoms with Crippen LogP contribution in [-0.4, -0.2) is 64.1 Å². The van der Waals surface area contributed by atoms with Crippen LogP contribution in [0.25, 0.3) is 11.0 Å². The average Bonchev–Trinajstić information content (AvgIpc) is 3.14. The van der Waals surface area contributed by atoms with Gasteiger partial charge in [-0.1, -0.05) is 12.1 Å². The topological polar surface area (TPSA) is 84.9 Å². The van der Waals surface area contributed by atoms with Crippen LogP contribution < -0.4 is 9.64 Å². The standard InChI is InChI=1S/C27H26N4O4/c32-26-21-3-1-2-4-22(21)27(33)31(26)16-5-7-18(8-6-16)35-24-12-17(11-23-25(24)29-10-9-28-23)30-14-19-13-20(15-30)34-19/h1-4,9-12,16,18-20H,5-8,13-15H2. The van der Waals surface area contributed by atoms with Gasteiger partial charge in [0.25, 0.3) is 11.8 Å². The molecule has 4 aliphatic heterocycles. The van der Waals surface area contributed by atoms with Gasteiger partial charge < -0.3 is 14.4 Å². The van der Waals surface area contributed by atoms with Gasteiger partial charge in [0.1, 0.15) is 11.3 Å². The summed E-state index contributed by atoms with van der Waals surface area (Å²) < 4.78 is 12.3. The van der Waals surface area contributed by atoms with Gasteiger partial charge in [0, 0.05) is 49.7 Å². The average molecular weight is 471 g/mol. The molecule has 8 heteroatoms. The number of benzene rings is 2. The number of amides is 2. The lowest BCUT2D eigenvalue weighted by atomic mass is 9.91. The fourth-order valence-corrected chi connectivity index (χ4v) is 6.01. The highest BCUT2D eigenvalue weighted by atomic mass is 16.5. The molecule has 2 atom stereocenters. The predicted octanol–water partition coefficient (Wildman–Crippen LogP) is 3.59. The van der Waals surface area contributed by atoms with E-state index in [0.29, 0.717) is 23.3 Å². The summed E-state index contributed by atoms with van der Waals surface area (Å²) in [7, 11) is 0. The minimum Gasteiger partial charge on any atom is -0.488 e. The van der Waals surface area contributed by atoms with Crippen molar-refractivity contribution in [2.45, 2.75) is 56.5 Å². The number of anilines is 1. The van der Waals surface area contributed by atoms with Gasteiger partial charge in [0.15, 0.2) is 0 Å². The second kappa shape index (κ2) is 8.02. The van der Waals surface area contributed by atoms with Crippen LogP contribution in [-0.2, 0) is 4.74 Å². The zero-order valence-electron chi connectivity index (χ0n) is 19.3. The lowest BCUT2D eigenvalue weighted by molar-refractivity contribution is -0.133. The predicted molar refractivity (Wildman–Crippen MR) is 129 cm³/mol. The van der Waals surface area contributed by atoms with Crippen molar-refractivity contribution in [1.82, 2.24) is 14.9 Å². The third kappa shape index (κ3) is 3.46. The number of ether oxygens (including phenoxy) is 2. The first-order valence-corrected chi connectivity index (χ1v) is 12.4. The van der Waals surface area contributed by atoms with Crippen molar-refractivity contribution < 1.29 is 19.1 Å². The van der Waals surface area contributed by atoms with E-state index in [1.165, 1.54) is 4.90 Å². The van der Waals surface area contributed by atoms with Gasteiger partial charge in [0.2, 0.25) is 0 Å². The molecule has 0 radical (unpaired) electrons. The summed E-state index contributed by atoms with van der Waals surface area (Å²) in [5.41, 5.74) is 3.69. The van der Waals surface area contributed by atoms with Crippen LogP contribution in [0.15, 0.2) is 48.8 Å². The van der Waals surface area contributed by atoms with E-state index in [4.69, 9.17) is 9.47 Å². The van der Waals surface area contributed by atoms with Crippen molar-refractivity contribution in [3.63, 3.8) is 0 Å². The van der Waals surface area contributed by atoms with Crippen molar-refractivity contribution >= 4 is 28.5 Å². The van der Waals surface area contributed by atoms with Crippen molar-refractivity contribution in [3.8, 4) is 5.75 Å². The number of fused-ring (bicyclic) bond motifs is 4. The Labute approximate surface area is 202 Å². The summed E-state index contributed by atoms with van der Waals surface area (Å²) >= 11 is 0. The van der Waals surface area contributed by atoms with Crippen LogP contribution in [0.4, 0.5) is 5.69 Å². The molecule has 35 heavy (non-hydrogen) atoms. The first kappa shape index (κ1) is 20.8. The molecule has 1 saturated carbocycles. The van der Waals surface area contributed by atoms with Crippen LogP contribution in [0.3, 0.4) is 0 Å². The first-order valence-electron chi connectivity index (χ1n) is 12.4. The largest absolute Gasteiger partial charge is 0.488 e. The third-order valence-electron chi connectivity index (χ3n) is 7.78. The highest BCUT2D eigenvalue weighted by Gasteiger charge is 2.41. The number of hydrogen-bond acceptors (Lipinski definition) is 7. The number of piperidine rings is 1. The second-order valence-corrected chi connectivity index (χ2v) is 9.96. The Morgan fingerprint density at radius 3 is 2.23 bits per heavy atom. The quantitative estimate of drug-likeness (QED) is 0.539. The fraction of sp³-hybridized carbons (Fsp3) is 0.407. The SMILES string of the molecule is O=C1c2ccccc2C(=O)N1C1CCC(Oc2cc(N3CC4CC(C3)O4)cc3nccnc23)CC1. The molecule has 5 heterocycles. The van der Waals surface area contributed by atoms with E-state index >= 15 is 0 Å². The van der Waals surface area contributed by atoms with E-state index in [1.54, 1.807) is 36.7 Å². The molecule has 2 unspecified atom stereocenters. The fourth-order valence-electron chi connectivity index (χ4n) is 6.01. The Morgan fingerprint density at radius 2 is 1.54 bits per heavy atom. The van der Waals surface area contributed by atoms with Crippen LogP contribution in [0.1, 0.15) is 52.8 Å². The van der Waals surface area contributed by atoms with Crippen LogP contribution in [0.2, 0.25) is 0 Å². The molecule has 8 nitrogen and oxygen atoms in total. The summed E-state index contributed by atoms with van der Waals surface area (Å²) in [6.45, 7) is 1.76. The normalized spacial score (nSPS) is 27.7. The van der Waals surface area contributed by atoms with Gasteiger partial charge in [0.05, 0.1) is 35.0 Å². The smallest absolute Gasteiger partial charge is 0.261 e. The van der Waals surface area contributed by atoms with Gasteiger partial charge in [-0.2, -0.15) is 0 Å². The van der Waals surface area contributed by atoms with E-state index in [2.05, 4.69) is 27.0 Å². The number of aromatic nitrogens is 2. The number of carbonyl (C=O) groups is 2. The maximum absolute atomic E-state index is 12.9. The lowest BCUT2D eigenvalue weighted by Crippen LogP contribution is -2.57. The van der Waals surface area contributed by atoms with Crippen molar-refractivity contribution in [2.24, 2.45) is 0 Å². The minimum atomic E-state index is -0.174. The monoisotopic (exact) mass is 470 g/mol. The molecule has 0 N–H and O–H groups in total. The molecular formula is C27H26N4O4. The number of rotatable bonds is 4. The van der Waals surface area contributed by atoms with E-state index in [9.17, 15) is 9.59 Å². The summed E-state index contributed by atoms with van der Waals surface area (Å²) in [5.74, 6) is 0.398. The van der Waals surface area contributed by atoms with Crippen molar-refractivity contribution in [3.05, 3.63) is 59.9 Å². The highest BCUT2D eigenvalue weighted by Crippen LogP contribution is 2.37. The van der Waals surface area contributed by atoms with Crippen molar-refractivity contribution in [1.29, 1.82) is 0 Å². The molecule has 2 amide bonds. The van der Waals surface area contributed by atoms with Crippen molar-refractivity contribution in [2.75, 3.05) is 18.0 Å². The highest BCUT2D eigenvalue weighted by molar-refractivity contribution is 6.21. The molecule has 4 fully saturated rings. The summed E-state index contributed by atoms with van der Waals surface area (Å²) in [6, 6.07) is 11.2. The molecular weight excluding hydrogens is 444 g/mol. The summed E-state index contributed by atoms with van der Waals surface area (Å²) in [6.07, 6.45) is 8.17. The Kier molecular flexibility index (Phi) is 4.77. The zero-order chi connectivity index (χ0) is 23.5. The van der Waals surface area contributed by atoms with Gasteiger partial charge in [-0.15, -0.1) is 0 Å². The molecule has 1 aliphatic carbocycles. The van der Waals surface area contributed by atoms with E-state index < -0.39 is 0 Å². The number of nitrogens with zero attached hydrogens (tertiary/aromatic N) is 4. The molecule has 2 bridgehead atoms. The molecule has 0 spiro atoms. The molecule has 5 aliphatic rings. The molecule has 1 aromatic heterocycles. The maximum Gasteiger partial charge on any atom is 0.261 e. The summed E-state index contributed by atoms with van der Waals surface area (Å²) in [4.78, 5) is 38.7. The lowest BCUT2D eigenvalue weighted by Gasteiger charge is -2.48. The number of imide groups is 1. The van der Waals surface area contributed by atoms with Crippen LogP contribution in [0.5, 0.6) is 5.75 Å². The Hall–Kier alpha value is -3.52. The van der Waals surface area contributed by atoms with E-state index in [0.717, 1.165) is 67.7 Å². The van der Waals surface area contributed by atoms with Crippen LogP contribution in [0, 0.1) is 0 Å². The Balaban J connectivity index is 1.08. The Bertz CT molecular complexity index is 1280. The molecule has 8 rings (SSSR count). The molecule has 3 aromatic rings. The zero-order valence-corrected chi connectivity index (χ0v) is 19.3. The van der Waals surface area contributed by atoms with Gasteiger partial charge in [-0.3, -0.25) is 19.5 Å². The van der Waals surface area contributed by atoms with Crippen LogP contribution >= 0.6 is 0 Å². The molecule has 2 aromatic carbocycles. The Morgan fingerprint density at radius 1 is 0.886 bits per heavy atom. The van der Waals surface area contributed by atoms with Gasteiger partial charge >= 0.3 is 0 Å². The maximum atomic E-state index is 12.9. The van der Waals surface area contributed by atoms with E-state index in [1.807, 2.05) is 0 Å². The number of carbonyl (C=O) groups excluding carboxylic acids is 2. The number of hydrogen-bond donors (Lipinski definition) is 0. The van der Waals surface area contributed by atoms with Gasteiger partial charge in [-0.05, 0) is 43.9 Å². The molecule has 3 saturated heterocycles. The minimum absolute atomic E-state index is 0.0000181. The third-order valence-corrected chi connectivity index (χ3v) is 7.78. The van der Waals surface area contributed by atoms with E-state index in [-0.39, 0.29) is 24.0 Å². The second-order valence-electron chi connectivity index (χ2n) is 9.96. The first-order chi connectivity index (χ1) is 17.1. The number of morpholine rings is 1.